The highest BCUT2D eigenvalue weighted by Gasteiger charge is 2.47. The standard InChI is InChI=1S/C26H23F4N3O2.CO2/c27-23-9-6-18(15-31-23)22-8-7-20(26(28,29)30)14-19(22)16-32-12-10-25(11-13-32)17-33(24(34)35-25)21-4-2-1-3-5-21;2-1-3/h1-9,14-15H,10-13,16-17H2;. The molecule has 2 fully saturated rings. The molecule has 5 rings (SSSR count). The van der Waals surface area contributed by atoms with Crippen LogP contribution in [0.5, 0.6) is 0 Å². The van der Waals surface area contributed by atoms with Gasteiger partial charge >= 0.3 is 18.4 Å². The molecule has 0 atom stereocenters. The maximum absolute atomic E-state index is 13.4. The number of likely N-dealkylation sites (tertiary alicyclic amines) is 1. The number of hydrogen-bond donors (Lipinski definition) is 0. The molecule has 0 aliphatic carbocycles. The Morgan fingerprint density at radius 1 is 1.00 bits per heavy atom. The zero-order valence-corrected chi connectivity index (χ0v) is 20.1. The average Bonchev–Trinajstić information content (AvgIpc) is 3.22. The minimum atomic E-state index is -4.47. The molecule has 198 valence electrons. The van der Waals surface area contributed by atoms with Crippen LogP contribution in [0.2, 0.25) is 0 Å². The van der Waals surface area contributed by atoms with Gasteiger partial charge in [-0.25, -0.2) is 9.78 Å². The Bertz CT molecular complexity index is 1300. The summed E-state index contributed by atoms with van der Waals surface area (Å²) in [7, 11) is 0. The summed E-state index contributed by atoms with van der Waals surface area (Å²) in [5.41, 5.74) is 1.04. The van der Waals surface area contributed by atoms with E-state index in [1.54, 1.807) is 4.90 Å². The Kier molecular flexibility index (Phi) is 7.89. The van der Waals surface area contributed by atoms with E-state index in [0.29, 0.717) is 49.2 Å². The van der Waals surface area contributed by atoms with E-state index in [1.807, 2.05) is 30.3 Å². The fourth-order valence-electron chi connectivity index (χ4n) is 4.77. The lowest BCUT2D eigenvalue weighted by molar-refractivity contribution is -0.191. The Morgan fingerprint density at radius 2 is 1.68 bits per heavy atom. The van der Waals surface area contributed by atoms with Gasteiger partial charge in [-0.05, 0) is 47.5 Å². The second-order valence-electron chi connectivity index (χ2n) is 9.07. The van der Waals surface area contributed by atoms with Gasteiger partial charge in [-0.3, -0.25) is 9.80 Å². The summed E-state index contributed by atoms with van der Waals surface area (Å²) < 4.78 is 59.3. The van der Waals surface area contributed by atoms with Crippen molar-refractivity contribution in [3.63, 3.8) is 0 Å². The van der Waals surface area contributed by atoms with Crippen molar-refractivity contribution in [3.05, 3.63) is 83.9 Å². The van der Waals surface area contributed by atoms with Crippen LogP contribution in [0, 0.1) is 5.95 Å². The smallest absolute Gasteiger partial charge is 0.416 e. The van der Waals surface area contributed by atoms with Crippen LogP contribution in [-0.4, -0.2) is 47.4 Å². The summed E-state index contributed by atoms with van der Waals surface area (Å²) in [6.45, 7) is 1.85. The minimum absolute atomic E-state index is 0.250. The van der Waals surface area contributed by atoms with E-state index in [4.69, 9.17) is 14.3 Å². The van der Waals surface area contributed by atoms with E-state index in [-0.39, 0.29) is 18.8 Å². The third-order valence-corrected chi connectivity index (χ3v) is 6.67. The van der Waals surface area contributed by atoms with E-state index in [1.165, 1.54) is 24.4 Å². The van der Waals surface area contributed by atoms with Gasteiger partial charge in [-0.2, -0.15) is 27.2 Å². The van der Waals surface area contributed by atoms with Gasteiger partial charge in [0, 0.05) is 49.9 Å². The van der Waals surface area contributed by atoms with Crippen LogP contribution in [0.4, 0.5) is 28.0 Å². The first-order valence-corrected chi connectivity index (χ1v) is 11.7. The first-order chi connectivity index (χ1) is 18.1. The number of halogens is 4. The molecule has 2 aromatic carbocycles. The van der Waals surface area contributed by atoms with E-state index in [2.05, 4.69) is 9.88 Å². The third kappa shape index (κ3) is 6.07. The number of pyridine rings is 1. The summed E-state index contributed by atoms with van der Waals surface area (Å²) >= 11 is 0. The van der Waals surface area contributed by atoms with Crippen molar-refractivity contribution in [2.45, 2.75) is 31.2 Å². The minimum Gasteiger partial charge on any atom is -0.441 e. The number of carbonyl (C=O) groups excluding carboxylic acids is 3. The van der Waals surface area contributed by atoms with Crippen LogP contribution in [-0.2, 0) is 27.0 Å². The van der Waals surface area contributed by atoms with Crippen molar-refractivity contribution in [2.24, 2.45) is 0 Å². The van der Waals surface area contributed by atoms with Crippen molar-refractivity contribution in [1.29, 1.82) is 0 Å². The van der Waals surface area contributed by atoms with Crippen LogP contribution in [0.25, 0.3) is 11.1 Å². The molecule has 1 amide bonds. The second kappa shape index (κ2) is 11.1. The third-order valence-electron chi connectivity index (χ3n) is 6.67. The molecular formula is C27H23F4N3O4. The normalized spacial score (nSPS) is 16.9. The molecule has 0 N–H and O–H groups in total. The molecule has 1 spiro atoms. The van der Waals surface area contributed by atoms with Gasteiger partial charge in [0.1, 0.15) is 5.60 Å². The maximum atomic E-state index is 13.4. The van der Waals surface area contributed by atoms with Crippen molar-refractivity contribution >= 4 is 17.9 Å². The first-order valence-electron chi connectivity index (χ1n) is 11.7. The summed E-state index contributed by atoms with van der Waals surface area (Å²) in [5.74, 6) is -0.654. The number of ether oxygens (including phenoxy) is 1. The number of rotatable bonds is 4. The highest BCUT2D eigenvalue weighted by molar-refractivity contribution is 5.90. The molecule has 3 aromatic rings. The van der Waals surface area contributed by atoms with Gasteiger partial charge < -0.3 is 4.74 Å². The number of hydrogen-bond acceptors (Lipinski definition) is 6. The zero-order chi connectivity index (χ0) is 27.3. The monoisotopic (exact) mass is 529 g/mol. The van der Waals surface area contributed by atoms with Gasteiger partial charge in [0.2, 0.25) is 5.95 Å². The Labute approximate surface area is 215 Å². The van der Waals surface area contributed by atoms with Crippen molar-refractivity contribution in [1.82, 2.24) is 9.88 Å². The SMILES string of the molecule is O=C1OC2(CCN(Cc3cc(C(F)(F)F)ccc3-c3ccc(F)nc3)CC2)CN1c1ccccc1.O=C=O. The molecule has 0 unspecified atom stereocenters. The van der Waals surface area contributed by atoms with Crippen molar-refractivity contribution in [2.75, 3.05) is 24.5 Å². The van der Waals surface area contributed by atoms with Gasteiger partial charge in [0.15, 0.2) is 0 Å². The number of alkyl halides is 3. The van der Waals surface area contributed by atoms with Gasteiger partial charge in [-0.1, -0.05) is 24.3 Å². The van der Waals surface area contributed by atoms with Crippen molar-refractivity contribution < 1.29 is 36.7 Å². The zero-order valence-electron chi connectivity index (χ0n) is 20.1. The molecular weight excluding hydrogens is 506 g/mol. The fourth-order valence-corrected chi connectivity index (χ4v) is 4.77. The number of piperidine rings is 1. The molecule has 1 aromatic heterocycles. The molecule has 3 heterocycles. The summed E-state index contributed by atoms with van der Waals surface area (Å²) in [6.07, 6.45) is -2.13. The Balaban J connectivity index is 0.00000107. The van der Waals surface area contributed by atoms with E-state index >= 15 is 0 Å². The van der Waals surface area contributed by atoms with Gasteiger partial charge in [0.05, 0.1) is 12.1 Å². The highest BCUT2D eigenvalue weighted by atomic mass is 19.4. The second-order valence-corrected chi connectivity index (χ2v) is 9.07. The number of anilines is 1. The molecule has 2 aliphatic rings. The number of nitrogens with zero attached hydrogens (tertiary/aromatic N) is 3. The van der Waals surface area contributed by atoms with Crippen LogP contribution >= 0.6 is 0 Å². The first kappa shape index (κ1) is 27.0. The molecule has 7 nitrogen and oxygen atoms in total. The van der Waals surface area contributed by atoms with Gasteiger partial charge in [-0.15, -0.1) is 0 Å². The summed E-state index contributed by atoms with van der Waals surface area (Å²) in [5, 5.41) is 0. The predicted molar refractivity (Wildman–Crippen MR) is 127 cm³/mol. The fraction of sp³-hybridized carbons (Fsp3) is 0.296. The lowest BCUT2D eigenvalue weighted by Crippen LogP contribution is -2.46. The number of amides is 1. The number of para-hydroxylation sites is 1. The molecule has 0 bridgehead atoms. The summed E-state index contributed by atoms with van der Waals surface area (Å²) in [4.78, 5) is 36.1. The maximum Gasteiger partial charge on any atom is 0.416 e. The molecule has 2 aliphatic heterocycles. The molecule has 2 saturated heterocycles. The lowest BCUT2D eigenvalue weighted by atomic mass is 9.90. The Hall–Kier alpha value is -4.08. The summed E-state index contributed by atoms with van der Waals surface area (Å²) in [6, 6.07) is 15.6. The highest BCUT2D eigenvalue weighted by Crippen LogP contribution is 2.38. The molecule has 38 heavy (non-hydrogen) atoms. The average molecular weight is 529 g/mol. The quantitative estimate of drug-likeness (QED) is 0.337. The van der Waals surface area contributed by atoms with Crippen molar-refractivity contribution in [3.8, 4) is 11.1 Å². The topological polar surface area (TPSA) is 79.8 Å². The molecule has 0 saturated carbocycles. The van der Waals surface area contributed by atoms with E-state index < -0.39 is 23.3 Å². The van der Waals surface area contributed by atoms with E-state index in [0.717, 1.165) is 17.8 Å². The van der Waals surface area contributed by atoms with Crippen LogP contribution in [0.1, 0.15) is 24.0 Å². The van der Waals surface area contributed by atoms with Crippen LogP contribution in [0.15, 0.2) is 66.9 Å². The predicted octanol–water partition coefficient (Wildman–Crippen LogP) is 5.31. The number of aromatic nitrogens is 1. The Morgan fingerprint density at radius 3 is 2.29 bits per heavy atom. The lowest BCUT2D eigenvalue weighted by Gasteiger charge is -2.37. The number of carbonyl (C=O) groups is 1. The van der Waals surface area contributed by atoms with Crippen LogP contribution in [0.3, 0.4) is 0 Å². The van der Waals surface area contributed by atoms with E-state index in [9.17, 15) is 22.4 Å². The largest absolute Gasteiger partial charge is 0.441 e. The van der Waals surface area contributed by atoms with Gasteiger partial charge in [0.25, 0.3) is 0 Å². The molecule has 11 heteroatoms. The molecule has 0 radical (unpaired) electrons. The number of benzene rings is 2. The van der Waals surface area contributed by atoms with Crippen LogP contribution < -0.4 is 4.90 Å².